The molecule has 0 aromatic heterocycles. The van der Waals surface area contributed by atoms with Gasteiger partial charge in [0.15, 0.2) is 10.9 Å². The fraction of sp³-hybridized carbons (Fsp3) is 0.0800. The lowest BCUT2D eigenvalue weighted by Crippen LogP contribution is -2.27. The fourth-order valence-corrected chi connectivity index (χ4v) is 4.63. The van der Waals surface area contributed by atoms with Crippen LogP contribution in [0.5, 0.6) is 5.75 Å². The van der Waals surface area contributed by atoms with Gasteiger partial charge >= 0.3 is 0 Å². The molecule has 0 aliphatic carbocycles. The second-order valence-electron chi connectivity index (χ2n) is 7.39. The summed E-state index contributed by atoms with van der Waals surface area (Å²) in [6.07, 6.45) is 1.74. The molecular formula is C25H18ClFN2O3S2. The third kappa shape index (κ3) is 5.64. The normalized spacial score (nSPS) is 14.6. The minimum Gasteiger partial charge on any atom is -0.484 e. The Balaban J connectivity index is 1.41. The van der Waals surface area contributed by atoms with E-state index >= 15 is 0 Å². The van der Waals surface area contributed by atoms with Crippen molar-refractivity contribution in [2.75, 3.05) is 16.8 Å². The molecule has 172 valence electrons. The summed E-state index contributed by atoms with van der Waals surface area (Å²) in [7, 11) is 0. The van der Waals surface area contributed by atoms with Gasteiger partial charge in [-0.2, -0.15) is 0 Å². The number of hydrogen-bond acceptors (Lipinski definition) is 5. The molecule has 3 aromatic carbocycles. The van der Waals surface area contributed by atoms with Gasteiger partial charge in [0.05, 0.1) is 15.6 Å². The van der Waals surface area contributed by atoms with Crippen molar-refractivity contribution in [3.8, 4) is 5.75 Å². The minimum atomic E-state index is -0.566. The van der Waals surface area contributed by atoms with Gasteiger partial charge in [-0.25, -0.2) is 4.39 Å². The van der Waals surface area contributed by atoms with Crippen molar-refractivity contribution in [3.05, 3.63) is 93.6 Å². The molecule has 4 rings (SSSR count). The van der Waals surface area contributed by atoms with E-state index in [9.17, 15) is 14.0 Å². The first-order chi connectivity index (χ1) is 16.3. The Hall–Kier alpha value is -3.20. The number of hydrogen-bond donors (Lipinski definition) is 1. The Kier molecular flexibility index (Phi) is 7.31. The molecule has 0 bridgehead atoms. The van der Waals surface area contributed by atoms with Gasteiger partial charge < -0.3 is 10.1 Å². The van der Waals surface area contributed by atoms with Crippen LogP contribution in [0.15, 0.2) is 71.6 Å². The quantitative estimate of drug-likeness (QED) is 0.314. The van der Waals surface area contributed by atoms with E-state index in [1.807, 2.05) is 37.3 Å². The molecule has 2 amide bonds. The molecule has 9 heteroatoms. The number of benzene rings is 3. The number of thioether (sulfide) groups is 1. The molecule has 1 saturated heterocycles. The molecule has 0 unspecified atom stereocenters. The van der Waals surface area contributed by atoms with E-state index in [1.54, 1.807) is 24.3 Å². The van der Waals surface area contributed by atoms with Gasteiger partial charge in [-0.1, -0.05) is 65.4 Å². The lowest BCUT2D eigenvalue weighted by Gasteiger charge is -2.14. The number of thiocarbonyl (C=S) groups is 1. The number of ether oxygens (including phenoxy) is 1. The van der Waals surface area contributed by atoms with Crippen molar-refractivity contribution >= 4 is 69.2 Å². The van der Waals surface area contributed by atoms with Crippen LogP contribution in [0.1, 0.15) is 11.1 Å². The van der Waals surface area contributed by atoms with E-state index in [0.717, 1.165) is 16.8 Å². The Morgan fingerprint density at radius 1 is 1.18 bits per heavy atom. The van der Waals surface area contributed by atoms with Crippen LogP contribution in [0.25, 0.3) is 6.08 Å². The Morgan fingerprint density at radius 3 is 2.68 bits per heavy atom. The molecule has 0 radical (unpaired) electrons. The maximum atomic E-state index is 13.3. The zero-order chi connectivity index (χ0) is 24.2. The summed E-state index contributed by atoms with van der Waals surface area (Å²) in [5.74, 6) is -0.729. The van der Waals surface area contributed by atoms with Gasteiger partial charge in [-0.3, -0.25) is 14.5 Å². The molecule has 5 nitrogen and oxygen atoms in total. The van der Waals surface area contributed by atoms with E-state index in [4.69, 9.17) is 28.6 Å². The van der Waals surface area contributed by atoms with Crippen LogP contribution in [0.3, 0.4) is 0 Å². The van der Waals surface area contributed by atoms with Gasteiger partial charge in [0.2, 0.25) is 0 Å². The van der Waals surface area contributed by atoms with E-state index in [0.29, 0.717) is 20.7 Å². The zero-order valence-corrected chi connectivity index (χ0v) is 20.3. The Morgan fingerprint density at radius 2 is 1.94 bits per heavy atom. The summed E-state index contributed by atoms with van der Waals surface area (Å²) in [6.45, 7) is 1.72. The molecule has 1 fully saturated rings. The Labute approximate surface area is 210 Å². The summed E-state index contributed by atoms with van der Waals surface area (Å²) in [6, 6.07) is 18.5. The number of rotatable bonds is 6. The van der Waals surface area contributed by atoms with Crippen molar-refractivity contribution in [1.82, 2.24) is 0 Å². The average Bonchev–Trinajstić information content (AvgIpc) is 3.08. The highest BCUT2D eigenvalue weighted by Gasteiger charge is 2.33. The van der Waals surface area contributed by atoms with E-state index in [1.165, 1.54) is 34.9 Å². The second-order valence-corrected chi connectivity index (χ2v) is 9.47. The summed E-state index contributed by atoms with van der Waals surface area (Å²) in [5.41, 5.74) is 2.91. The van der Waals surface area contributed by atoms with Crippen LogP contribution in [0.2, 0.25) is 5.02 Å². The van der Waals surface area contributed by atoms with Crippen molar-refractivity contribution < 1.29 is 18.7 Å². The first kappa shape index (κ1) is 23.9. The molecular weight excluding hydrogens is 495 g/mol. The molecule has 3 aromatic rings. The molecule has 0 spiro atoms. The van der Waals surface area contributed by atoms with Crippen LogP contribution in [0, 0.1) is 12.7 Å². The monoisotopic (exact) mass is 512 g/mol. The number of nitrogens with zero attached hydrogens (tertiary/aromatic N) is 1. The van der Waals surface area contributed by atoms with Crippen LogP contribution in [-0.4, -0.2) is 22.7 Å². The van der Waals surface area contributed by atoms with Crippen molar-refractivity contribution in [2.45, 2.75) is 6.92 Å². The molecule has 0 atom stereocenters. The van der Waals surface area contributed by atoms with Crippen LogP contribution < -0.4 is 15.0 Å². The number of aryl methyl sites for hydroxylation is 1. The molecule has 34 heavy (non-hydrogen) atoms. The van der Waals surface area contributed by atoms with E-state index in [2.05, 4.69) is 5.32 Å². The number of nitrogens with one attached hydrogen (secondary N) is 1. The lowest BCUT2D eigenvalue weighted by molar-refractivity contribution is -0.118. The number of halogens is 2. The zero-order valence-electron chi connectivity index (χ0n) is 17.9. The standard InChI is InChI=1S/C25H18ClFN2O3S2/c1-15-5-8-18(9-6-15)29-24(31)22(34-25(29)33)12-16-3-2-4-19(11-16)32-14-23(30)28-17-7-10-21(27)20(26)13-17/h2-13H,14H2,1H3,(H,28,30)/b22-12-. The summed E-state index contributed by atoms with van der Waals surface area (Å²) in [5, 5.41) is 2.51. The lowest BCUT2D eigenvalue weighted by atomic mass is 10.2. The topological polar surface area (TPSA) is 58.6 Å². The molecule has 1 N–H and O–H groups in total. The third-order valence-corrected chi connectivity index (χ3v) is 6.41. The van der Waals surface area contributed by atoms with Crippen molar-refractivity contribution in [1.29, 1.82) is 0 Å². The highest BCUT2D eigenvalue weighted by molar-refractivity contribution is 8.27. The third-order valence-electron chi connectivity index (χ3n) is 4.82. The van der Waals surface area contributed by atoms with Gasteiger partial charge in [0.1, 0.15) is 11.6 Å². The highest BCUT2D eigenvalue weighted by Crippen LogP contribution is 2.36. The van der Waals surface area contributed by atoms with Gasteiger partial charge in [-0.05, 0) is 61.0 Å². The summed E-state index contributed by atoms with van der Waals surface area (Å²) in [4.78, 5) is 27.1. The average molecular weight is 513 g/mol. The number of anilines is 2. The highest BCUT2D eigenvalue weighted by atomic mass is 35.5. The molecule has 1 aliphatic rings. The van der Waals surface area contributed by atoms with E-state index in [-0.39, 0.29) is 17.5 Å². The maximum Gasteiger partial charge on any atom is 0.270 e. The van der Waals surface area contributed by atoms with E-state index < -0.39 is 11.7 Å². The number of carbonyl (C=O) groups excluding carboxylic acids is 2. The van der Waals surface area contributed by atoms with Crippen molar-refractivity contribution in [2.24, 2.45) is 0 Å². The predicted molar refractivity (Wildman–Crippen MR) is 139 cm³/mol. The fourth-order valence-electron chi connectivity index (χ4n) is 3.15. The number of carbonyl (C=O) groups is 2. The SMILES string of the molecule is Cc1ccc(N2C(=O)/C(=C/c3cccc(OCC(=O)Nc4ccc(F)c(Cl)c4)c3)SC2=S)cc1. The van der Waals surface area contributed by atoms with Crippen LogP contribution in [0.4, 0.5) is 15.8 Å². The molecule has 0 saturated carbocycles. The Bertz CT molecular complexity index is 1310. The minimum absolute atomic E-state index is 0.0841. The largest absolute Gasteiger partial charge is 0.484 e. The summed E-state index contributed by atoms with van der Waals surface area (Å²) < 4.78 is 19.3. The van der Waals surface area contributed by atoms with Gasteiger partial charge in [0, 0.05) is 5.69 Å². The smallest absolute Gasteiger partial charge is 0.270 e. The molecule has 1 heterocycles. The van der Waals surface area contributed by atoms with Crippen molar-refractivity contribution in [3.63, 3.8) is 0 Å². The molecule has 1 aliphatic heterocycles. The van der Waals surface area contributed by atoms with Crippen LogP contribution in [-0.2, 0) is 9.59 Å². The van der Waals surface area contributed by atoms with Crippen LogP contribution >= 0.6 is 35.6 Å². The maximum absolute atomic E-state index is 13.3. The number of amides is 2. The van der Waals surface area contributed by atoms with Gasteiger partial charge in [-0.15, -0.1) is 0 Å². The second kappa shape index (κ2) is 10.4. The first-order valence-corrected chi connectivity index (χ1v) is 11.7. The summed E-state index contributed by atoms with van der Waals surface area (Å²) >= 11 is 12.4. The predicted octanol–water partition coefficient (Wildman–Crippen LogP) is 6.21. The van der Waals surface area contributed by atoms with Gasteiger partial charge in [0.25, 0.3) is 11.8 Å². The first-order valence-electron chi connectivity index (χ1n) is 10.1.